The fraction of sp³-hybridized carbons (Fsp3) is 0.333. The van der Waals surface area contributed by atoms with Crippen molar-refractivity contribution in [1.29, 1.82) is 0 Å². The molecule has 2 unspecified atom stereocenters. The molecule has 0 aromatic heterocycles. The Labute approximate surface area is 343 Å². The molecule has 57 heavy (non-hydrogen) atoms. The highest BCUT2D eigenvalue weighted by Crippen LogP contribution is 2.40. The number of aryl methyl sites for hydroxylation is 4. The maximum absolute atomic E-state index is 7.79. The molecule has 296 valence electrons. The molecule has 3 nitrogen and oxygen atoms in total. The van der Waals surface area contributed by atoms with E-state index in [1.807, 2.05) is 72.8 Å². The number of para-hydroxylation sites is 2. The molecule has 0 N–H and O–H groups in total. The minimum absolute atomic E-state index is 0.171. The summed E-state index contributed by atoms with van der Waals surface area (Å²) in [6.07, 6.45) is 5.15. The van der Waals surface area contributed by atoms with Crippen LogP contribution in [0.4, 0.5) is 0 Å². The molecular weight excluding hydrogens is 697 g/mol. The van der Waals surface area contributed by atoms with Gasteiger partial charge in [-0.3, -0.25) is 0 Å². The van der Waals surface area contributed by atoms with Gasteiger partial charge in [0.15, 0.2) is 0 Å². The van der Waals surface area contributed by atoms with Crippen LogP contribution in [-0.2, 0) is 54.1 Å². The van der Waals surface area contributed by atoms with E-state index < -0.39 is 0 Å². The molecule has 6 aromatic rings. The molecule has 0 fully saturated rings. The monoisotopic (exact) mass is 758 g/mol. The van der Waals surface area contributed by atoms with Crippen LogP contribution in [0, 0.1) is 0 Å². The maximum Gasteiger partial charge on any atom is 0.127 e. The molecule has 0 aliphatic rings. The first kappa shape index (κ1) is 41.5. The first-order valence-corrected chi connectivity index (χ1v) is 21.1. The van der Waals surface area contributed by atoms with Gasteiger partial charge in [-0.05, 0) is 132 Å². The van der Waals surface area contributed by atoms with Gasteiger partial charge in [-0.2, -0.15) is 0 Å². The molecule has 0 amide bonds. The fourth-order valence-corrected chi connectivity index (χ4v) is 8.07. The average Bonchev–Trinajstić information content (AvgIpc) is 3.23. The van der Waals surface area contributed by atoms with Crippen LogP contribution in [0.3, 0.4) is 0 Å². The van der Waals surface area contributed by atoms with Crippen molar-refractivity contribution in [2.24, 2.45) is 0 Å². The van der Waals surface area contributed by atoms with E-state index in [4.69, 9.17) is 14.2 Å². The zero-order valence-corrected chi connectivity index (χ0v) is 35.5. The van der Waals surface area contributed by atoms with Gasteiger partial charge in [-0.25, -0.2) is 0 Å². The van der Waals surface area contributed by atoms with Gasteiger partial charge in [0.25, 0.3) is 0 Å². The summed E-state index contributed by atoms with van der Waals surface area (Å²) in [6, 6.07) is 51.3. The Balaban J connectivity index is 1.43. The van der Waals surface area contributed by atoms with Gasteiger partial charge in [0.05, 0.1) is 12.2 Å². The molecule has 0 saturated carbocycles. The lowest BCUT2D eigenvalue weighted by atomic mass is 9.73. The molecule has 0 aliphatic carbocycles. The van der Waals surface area contributed by atoms with E-state index in [0.717, 1.165) is 48.7 Å². The van der Waals surface area contributed by atoms with E-state index in [0.29, 0.717) is 12.8 Å². The lowest BCUT2D eigenvalue weighted by Crippen LogP contribution is -2.46. The van der Waals surface area contributed by atoms with Crippen LogP contribution in [0.15, 0.2) is 146 Å². The van der Waals surface area contributed by atoms with Gasteiger partial charge in [0, 0.05) is 10.8 Å². The van der Waals surface area contributed by atoms with Crippen molar-refractivity contribution in [3.63, 3.8) is 0 Å². The summed E-state index contributed by atoms with van der Waals surface area (Å²) in [5.41, 5.74) is 9.95. The molecule has 0 bridgehead atoms. The van der Waals surface area contributed by atoms with Gasteiger partial charge in [0.1, 0.15) is 23.0 Å². The van der Waals surface area contributed by atoms with Crippen molar-refractivity contribution < 1.29 is 14.2 Å². The second-order valence-corrected chi connectivity index (χ2v) is 16.5. The molecule has 0 spiro atoms. The SMILES string of the molecule is CCc1ccc(C(C)(C)C(Cc2cccc(Oc3ccccc3)c2)OC(Cc2cccc(Oc3ccccc3)c2)C(C)(C)c2ccc(CC)c(CC)c2)cc1CC. The smallest absolute Gasteiger partial charge is 0.127 e. The minimum Gasteiger partial charge on any atom is -0.457 e. The van der Waals surface area contributed by atoms with Crippen LogP contribution < -0.4 is 9.47 Å². The number of ether oxygens (including phenoxy) is 3. The van der Waals surface area contributed by atoms with E-state index in [-0.39, 0.29) is 23.0 Å². The van der Waals surface area contributed by atoms with Gasteiger partial charge >= 0.3 is 0 Å². The fourth-order valence-electron chi connectivity index (χ4n) is 8.07. The van der Waals surface area contributed by atoms with E-state index in [1.165, 1.54) is 44.5 Å². The molecule has 3 heteroatoms. The third-order valence-corrected chi connectivity index (χ3v) is 12.0. The van der Waals surface area contributed by atoms with E-state index in [1.54, 1.807) is 0 Å². The van der Waals surface area contributed by atoms with Gasteiger partial charge in [-0.15, -0.1) is 0 Å². The van der Waals surface area contributed by atoms with Crippen LogP contribution in [0.5, 0.6) is 23.0 Å². The average molecular weight is 759 g/mol. The predicted octanol–water partition coefficient (Wildman–Crippen LogP) is 14.0. The summed E-state index contributed by atoms with van der Waals surface area (Å²) >= 11 is 0. The zero-order valence-electron chi connectivity index (χ0n) is 35.5. The number of hydrogen-bond donors (Lipinski definition) is 0. The van der Waals surface area contributed by atoms with Crippen LogP contribution in [0.2, 0.25) is 0 Å². The van der Waals surface area contributed by atoms with E-state index in [9.17, 15) is 0 Å². The Morgan fingerprint density at radius 2 is 0.754 bits per heavy atom. The van der Waals surface area contributed by atoms with Crippen molar-refractivity contribution in [1.82, 2.24) is 0 Å². The molecule has 0 heterocycles. The number of benzene rings is 6. The third-order valence-electron chi connectivity index (χ3n) is 12.0. The number of hydrogen-bond acceptors (Lipinski definition) is 3. The van der Waals surface area contributed by atoms with Crippen LogP contribution in [0.25, 0.3) is 0 Å². The molecule has 0 aliphatic heterocycles. The zero-order chi connectivity index (χ0) is 40.4. The van der Waals surface area contributed by atoms with Crippen LogP contribution >= 0.6 is 0 Å². The Kier molecular flexibility index (Phi) is 13.8. The predicted molar refractivity (Wildman–Crippen MR) is 238 cm³/mol. The highest BCUT2D eigenvalue weighted by Gasteiger charge is 2.40. The molecular formula is C54H62O3. The molecule has 6 aromatic carbocycles. The van der Waals surface area contributed by atoms with Crippen molar-refractivity contribution in [2.75, 3.05) is 0 Å². The summed E-state index contributed by atoms with van der Waals surface area (Å²) in [4.78, 5) is 0. The Morgan fingerprint density at radius 1 is 0.386 bits per heavy atom. The molecule has 0 saturated heterocycles. The normalized spacial score (nSPS) is 12.9. The van der Waals surface area contributed by atoms with Crippen molar-refractivity contribution >= 4 is 0 Å². The standard InChI is InChI=1S/C54H62O3/c1-9-41-29-31-45(37-43(41)11-3)53(5,6)51(35-39-21-19-27-49(33-39)55-47-23-15-13-16-24-47)57-52(54(7,8)46-32-30-42(10-2)44(12-4)38-46)36-40-22-20-28-50(34-40)56-48-25-17-14-18-26-48/h13-34,37-38,51-52H,9-12,35-36H2,1-8H3. The summed E-state index contributed by atoms with van der Waals surface area (Å²) in [5.74, 6) is 3.30. The summed E-state index contributed by atoms with van der Waals surface area (Å²) in [7, 11) is 0. The minimum atomic E-state index is -0.334. The first-order valence-electron chi connectivity index (χ1n) is 21.1. The Bertz CT molecular complexity index is 2030. The highest BCUT2D eigenvalue weighted by molar-refractivity contribution is 5.41. The van der Waals surface area contributed by atoms with Crippen LogP contribution in [0.1, 0.15) is 99.9 Å². The number of rotatable bonds is 18. The van der Waals surface area contributed by atoms with Crippen molar-refractivity contribution in [2.45, 2.75) is 117 Å². The Hall–Kier alpha value is -5.12. The summed E-state index contributed by atoms with van der Waals surface area (Å²) < 4.78 is 20.5. The lowest BCUT2D eigenvalue weighted by Gasteiger charge is -2.43. The molecule has 6 rings (SSSR count). The van der Waals surface area contributed by atoms with Gasteiger partial charge in [0.2, 0.25) is 0 Å². The molecule has 2 atom stereocenters. The van der Waals surface area contributed by atoms with Gasteiger partial charge < -0.3 is 14.2 Å². The first-order chi connectivity index (χ1) is 27.5. The van der Waals surface area contributed by atoms with E-state index >= 15 is 0 Å². The van der Waals surface area contributed by atoms with Crippen molar-refractivity contribution in [3.05, 3.63) is 190 Å². The summed E-state index contributed by atoms with van der Waals surface area (Å²) in [5, 5.41) is 0. The lowest BCUT2D eigenvalue weighted by molar-refractivity contribution is -0.0753. The highest BCUT2D eigenvalue weighted by atomic mass is 16.5. The maximum atomic E-state index is 7.79. The largest absolute Gasteiger partial charge is 0.457 e. The second-order valence-electron chi connectivity index (χ2n) is 16.5. The Morgan fingerprint density at radius 3 is 1.12 bits per heavy atom. The quantitative estimate of drug-likeness (QED) is 0.0874. The van der Waals surface area contributed by atoms with E-state index in [2.05, 4.69) is 128 Å². The van der Waals surface area contributed by atoms with Crippen molar-refractivity contribution in [3.8, 4) is 23.0 Å². The summed E-state index contributed by atoms with van der Waals surface area (Å²) in [6.45, 7) is 18.5. The topological polar surface area (TPSA) is 27.7 Å². The van der Waals surface area contributed by atoms with Gasteiger partial charge in [-0.1, -0.05) is 152 Å². The third kappa shape index (κ3) is 10.3. The molecule has 0 radical (unpaired) electrons. The van der Waals surface area contributed by atoms with Crippen LogP contribution in [-0.4, -0.2) is 12.2 Å². The second kappa shape index (κ2) is 18.9.